The number of carbonyl (C=O) groups is 1. The third kappa shape index (κ3) is 4.93. The summed E-state index contributed by atoms with van der Waals surface area (Å²) in [5, 5.41) is 6.63. The van der Waals surface area contributed by atoms with Crippen molar-refractivity contribution in [3.63, 3.8) is 0 Å². The van der Waals surface area contributed by atoms with Gasteiger partial charge in [-0.2, -0.15) is 0 Å². The SMILES string of the molecule is Cc1cc(CC(=O)NCCc2ccc(N)cc2)no1.Cl. The van der Waals surface area contributed by atoms with Crippen LogP contribution in [0, 0.1) is 6.92 Å². The molecule has 108 valence electrons. The number of anilines is 1. The van der Waals surface area contributed by atoms with E-state index < -0.39 is 0 Å². The molecule has 0 unspecified atom stereocenters. The maximum Gasteiger partial charge on any atom is 0.226 e. The second-order valence-electron chi connectivity index (χ2n) is 4.45. The summed E-state index contributed by atoms with van der Waals surface area (Å²) >= 11 is 0. The summed E-state index contributed by atoms with van der Waals surface area (Å²) in [6.07, 6.45) is 1.03. The van der Waals surface area contributed by atoms with Crippen LogP contribution in [0.2, 0.25) is 0 Å². The van der Waals surface area contributed by atoms with Crippen molar-refractivity contribution in [3.05, 3.63) is 47.3 Å². The number of rotatable bonds is 5. The number of hydrogen-bond donors (Lipinski definition) is 2. The maximum absolute atomic E-state index is 11.7. The Hall–Kier alpha value is -2.01. The van der Waals surface area contributed by atoms with E-state index in [4.69, 9.17) is 10.3 Å². The van der Waals surface area contributed by atoms with E-state index in [1.54, 1.807) is 13.0 Å². The van der Waals surface area contributed by atoms with Gasteiger partial charge in [0.15, 0.2) is 0 Å². The summed E-state index contributed by atoms with van der Waals surface area (Å²) in [5.41, 5.74) is 8.15. The van der Waals surface area contributed by atoms with Gasteiger partial charge in [-0.3, -0.25) is 4.79 Å². The van der Waals surface area contributed by atoms with Gasteiger partial charge >= 0.3 is 0 Å². The molecule has 0 aliphatic rings. The van der Waals surface area contributed by atoms with Gasteiger partial charge in [0.1, 0.15) is 5.76 Å². The van der Waals surface area contributed by atoms with Gasteiger partial charge in [-0.25, -0.2) is 0 Å². The molecular formula is C14H18ClN3O2. The zero-order chi connectivity index (χ0) is 13.7. The largest absolute Gasteiger partial charge is 0.399 e. The Balaban J connectivity index is 0.00000200. The molecule has 0 aliphatic carbocycles. The molecule has 1 heterocycles. The summed E-state index contributed by atoms with van der Waals surface area (Å²) in [4.78, 5) is 11.7. The summed E-state index contributed by atoms with van der Waals surface area (Å²) in [5.74, 6) is 0.661. The van der Waals surface area contributed by atoms with E-state index in [9.17, 15) is 4.79 Å². The predicted octanol–water partition coefficient (Wildman–Crippen LogP) is 1.89. The zero-order valence-corrected chi connectivity index (χ0v) is 12.1. The molecule has 1 amide bonds. The lowest BCUT2D eigenvalue weighted by molar-refractivity contribution is -0.120. The van der Waals surface area contributed by atoms with Gasteiger partial charge in [0.05, 0.1) is 12.1 Å². The molecule has 2 rings (SSSR count). The van der Waals surface area contributed by atoms with Crippen LogP contribution >= 0.6 is 12.4 Å². The van der Waals surface area contributed by atoms with Crippen molar-refractivity contribution in [2.24, 2.45) is 0 Å². The van der Waals surface area contributed by atoms with Crippen LogP contribution in [0.4, 0.5) is 5.69 Å². The van der Waals surface area contributed by atoms with Crippen LogP contribution in [0.1, 0.15) is 17.0 Å². The lowest BCUT2D eigenvalue weighted by Gasteiger charge is -2.04. The van der Waals surface area contributed by atoms with Gasteiger partial charge in [-0.15, -0.1) is 12.4 Å². The molecule has 0 atom stereocenters. The first-order chi connectivity index (χ1) is 9.13. The van der Waals surface area contributed by atoms with Crippen molar-refractivity contribution in [2.45, 2.75) is 19.8 Å². The number of halogens is 1. The Bertz CT molecular complexity index is 552. The molecule has 0 spiro atoms. The second-order valence-corrected chi connectivity index (χ2v) is 4.45. The lowest BCUT2D eigenvalue weighted by Crippen LogP contribution is -2.27. The molecular weight excluding hydrogens is 278 g/mol. The smallest absolute Gasteiger partial charge is 0.226 e. The standard InChI is InChI=1S/C14H17N3O2.ClH/c1-10-8-13(17-19-10)9-14(18)16-7-6-11-2-4-12(15)5-3-11;/h2-5,8H,6-7,9,15H2,1H3,(H,16,18);1H. The van der Waals surface area contributed by atoms with Gasteiger partial charge in [0.25, 0.3) is 0 Å². The topological polar surface area (TPSA) is 81.2 Å². The average molecular weight is 296 g/mol. The number of aromatic nitrogens is 1. The number of aryl methyl sites for hydroxylation is 1. The van der Waals surface area contributed by atoms with Gasteiger partial charge in [0.2, 0.25) is 5.91 Å². The summed E-state index contributed by atoms with van der Waals surface area (Å²) in [6.45, 7) is 2.40. The second kappa shape index (κ2) is 7.55. The third-order valence-electron chi connectivity index (χ3n) is 2.73. The van der Waals surface area contributed by atoms with Crippen LogP contribution in [-0.4, -0.2) is 17.6 Å². The van der Waals surface area contributed by atoms with E-state index in [0.29, 0.717) is 18.0 Å². The van der Waals surface area contributed by atoms with Crippen molar-refractivity contribution in [1.29, 1.82) is 0 Å². The monoisotopic (exact) mass is 295 g/mol. The molecule has 0 aliphatic heterocycles. The molecule has 6 heteroatoms. The van der Waals surface area contributed by atoms with Crippen molar-refractivity contribution in [3.8, 4) is 0 Å². The molecule has 0 fully saturated rings. The first-order valence-corrected chi connectivity index (χ1v) is 6.17. The highest BCUT2D eigenvalue weighted by Crippen LogP contribution is 2.05. The Labute approximate surface area is 123 Å². The van der Waals surface area contributed by atoms with E-state index in [1.165, 1.54) is 0 Å². The molecule has 0 saturated carbocycles. The van der Waals surface area contributed by atoms with E-state index in [-0.39, 0.29) is 24.7 Å². The van der Waals surface area contributed by atoms with Crippen molar-refractivity contribution in [2.75, 3.05) is 12.3 Å². The van der Waals surface area contributed by atoms with Crippen LogP contribution in [0.15, 0.2) is 34.9 Å². The summed E-state index contributed by atoms with van der Waals surface area (Å²) in [6, 6.07) is 9.40. The Morgan fingerprint density at radius 1 is 1.35 bits per heavy atom. The molecule has 1 aromatic heterocycles. The van der Waals surface area contributed by atoms with E-state index >= 15 is 0 Å². The first kappa shape index (κ1) is 16.0. The number of nitrogens with one attached hydrogen (secondary N) is 1. The number of nitrogens with zero attached hydrogens (tertiary/aromatic N) is 1. The fourth-order valence-electron chi connectivity index (χ4n) is 1.76. The Kier molecular flexibility index (Phi) is 6.06. The van der Waals surface area contributed by atoms with Crippen LogP contribution in [0.3, 0.4) is 0 Å². The zero-order valence-electron chi connectivity index (χ0n) is 11.3. The summed E-state index contributed by atoms with van der Waals surface area (Å²) in [7, 11) is 0. The Morgan fingerprint density at radius 3 is 2.65 bits per heavy atom. The number of amides is 1. The maximum atomic E-state index is 11.7. The molecule has 1 aromatic carbocycles. The van der Waals surface area contributed by atoms with E-state index in [1.807, 2.05) is 24.3 Å². The normalized spacial score (nSPS) is 9.85. The van der Waals surface area contributed by atoms with Crippen LogP contribution < -0.4 is 11.1 Å². The van der Waals surface area contributed by atoms with Crippen molar-refractivity contribution >= 4 is 24.0 Å². The number of hydrogen-bond acceptors (Lipinski definition) is 4. The minimum Gasteiger partial charge on any atom is -0.399 e. The molecule has 0 bridgehead atoms. The quantitative estimate of drug-likeness (QED) is 0.825. The minimum atomic E-state index is -0.0521. The summed E-state index contributed by atoms with van der Waals surface area (Å²) < 4.78 is 4.91. The number of carbonyl (C=O) groups excluding carboxylic acids is 1. The fourth-order valence-corrected chi connectivity index (χ4v) is 1.76. The van der Waals surface area contributed by atoms with E-state index in [2.05, 4.69) is 10.5 Å². The average Bonchev–Trinajstić information content (AvgIpc) is 2.77. The fraction of sp³-hybridized carbons (Fsp3) is 0.286. The van der Waals surface area contributed by atoms with Gasteiger partial charge < -0.3 is 15.6 Å². The minimum absolute atomic E-state index is 0. The van der Waals surface area contributed by atoms with Crippen molar-refractivity contribution < 1.29 is 9.32 Å². The van der Waals surface area contributed by atoms with Crippen molar-refractivity contribution in [1.82, 2.24) is 10.5 Å². The molecule has 0 saturated heterocycles. The lowest BCUT2D eigenvalue weighted by atomic mass is 10.1. The third-order valence-corrected chi connectivity index (χ3v) is 2.73. The Morgan fingerprint density at radius 2 is 2.05 bits per heavy atom. The number of nitrogens with two attached hydrogens (primary N) is 1. The highest BCUT2D eigenvalue weighted by Gasteiger charge is 2.06. The molecule has 20 heavy (non-hydrogen) atoms. The van der Waals surface area contributed by atoms with Crippen LogP contribution in [0.25, 0.3) is 0 Å². The predicted molar refractivity (Wildman–Crippen MR) is 79.8 cm³/mol. The highest BCUT2D eigenvalue weighted by atomic mass is 35.5. The molecule has 5 nitrogen and oxygen atoms in total. The van der Waals surface area contributed by atoms with E-state index in [0.717, 1.165) is 17.7 Å². The van der Waals surface area contributed by atoms with Crippen LogP contribution in [0.5, 0.6) is 0 Å². The van der Waals surface area contributed by atoms with Crippen LogP contribution in [-0.2, 0) is 17.6 Å². The number of nitrogen functional groups attached to an aromatic ring is 1. The number of benzene rings is 1. The first-order valence-electron chi connectivity index (χ1n) is 6.17. The molecule has 0 radical (unpaired) electrons. The van der Waals surface area contributed by atoms with Gasteiger partial charge in [0, 0.05) is 18.3 Å². The molecule has 3 N–H and O–H groups in total. The van der Waals surface area contributed by atoms with Gasteiger partial charge in [-0.1, -0.05) is 17.3 Å². The highest BCUT2D eigenvalue weighted by molar-refractivity contribution is 5.85. The van der Waals surface area contributed by atoms with Gasteiger partial charge in [-0.05, 0) is 31.0 Å². The molecule has 2 aromatic rings.